The molecule has 0 unspecified atom stereocenters. The summed E-state index contributed by atoms with van der Waals surface area (Å²) in [4.78, 5) is 43.9. The van der Waals surface area contributed by atoms with Crippen LogP contribution in [-0.4, -0.2) is 97.3 Å². The van der Waals surface area contributed by atoms with Gasteiger partial charge in [0, 0.05) is 56.1 Å². The van der Waals surface area contributed by atoms with Crippen LogP contribution in [0.4, 0.5) is 21.0 Å². The number of carbonyl (C=O) groups excluding carboxylic acids is 3. The van der Waals surface area contributed by atoms with Crippen molar-refractivity contribution in [3.05, 3.63) is 42.0 Å². The SMILES string of the molecule is C[C@@H]1CCCCO[C@H](CN(C)C(=O)NC2CCCCC2)[C@@H](C)CN([C@H](C)CO)C(=O)c2cc(NC(=O)Nc3ccc4c(c3)OCO4)ccc2O1. The third kappa shape index (κ3) is 9.94. The maximum atomic E-state index is 14.4. The third-order valence-corrected chi connectivity index (χ3v) is 9.67. The normalized spacial score (nSPS) is 22.4. The molecule has 274 valence electrons. The number of nitrogens with zero attached hydrogens (tertiary/aromatic N) is 2. The van der Waals surface area contributed by atoms with Gasteiger partial charge in [0.2, 0.25) is 6.79 Å². The lowest BCUT2D eigenvalue weighted by Crippen LogP contribution is -2.50. The molecule has 2 aliphatic heterocycles. The minimum absolute atomic E-state index is 0.119. The van der Waals surface area contributed by atoms with Gasteiger partial charge in [-0.15, -0.1) is 0 Å². The molecule has 13 heteroatoms. The molecule has 0 radical (unpaired) electrons. The summed E-state index contributed by atoms with van der Waals surface area (Å²) in [6.45, 7) is 6.77. The van der Waals surface area contributed by atoms with Crippen LogP contribution in [0, 0.1) is 5.92 Å². The highest BCUT2D eigenvalue weighted by atomic mass is 16.7. The molecule has 0 bridgehead atoms. The first-order chi connectivity index (χ1) is 24.1. The second kappa shape index (κ2) is 17.6. The van der Waals surface area contributed by atoms with E-state index in [0.29, 0.717) is 41.8 Å². The Labute approximate surface area is 294 Å². The molecule has 5 rings (SSSR count). The van der Waals surface area contributed by atoms with Crippen molar-refractivity contribution in [2.24, 2.45) is 5.92 Å². The van der Waals surface area contributed by atoms with Gasteiger partial charge < -0.3 is 49.8 Å². The van der Waals surface area contributed by atoms with Gasteiger partial charge in [0.15, 0.2) is 11.5 Å². The highest BCUT2D eigenvalue weighted by Gasteiger charge is 2.31. The van der Waals surface area contributed by atoms with Crippen LogP contribution in [-0.2, 0) is 4.74 Å². The molecule has 4 N–H and O–H groups in total. The van der Waals surface area contributed by atoms with Crippen molar-refractivity contribution in [3.8, 4) is 17.2 Å². The predicted octanol–water partition coefficient (Wildman–Crippen LogP) is 5.83. The minimum Gasteiger partial charge on any atom is -0.490 e. The Hall–Kier alpha value is -4.23. The summed E-state index contributed by atoms with van der Waals surface area (Å²) in [5.74, 6) is 1.02. The van der Waals surface area contributed by atoms with Gasteiger partial charge in [0.25, 0.3) is 5.91 Å². The molecular weight excluding hydrogens is 642 g/mol. The molecule has 50 heavy (non-hydrogen) atoms. The van der Waals surface area contributed by atoms with Crippen LogP contribution in [0.5, 0.6) is 17.2 Å². The van der Waals surface area contributed by atoms with Gasteiger partial charge >= 0.3 is 12.1 Å². The van der Waals surface area contributed by atoms with Crippen LogP contribution >= 0.6 is 0 Å². The molecule has 2 aromatic rings. The number of aliphatic hydroxyl groups is 1. The smallest absolute Gasteiger partial charge is 0.323 e. The standard InChI is InChI=1S/C37H53N5O8/c1-24-20-42(25(2)22-43)35(44)30-18-28(38-36(45)39-29-14-16-32-33(19-29)49-23-48-32)13-15-31(30)50-26(3)10-8-9-17-47-34(24)21-41(4)37(46)40-27-11-6-5-7-12-27/h13-16,18-19,24-27,34,43H,5-12,17,20-23H2,1-4H3,(H,40,46)(H2,38,39,45)/t24-,25+,26+,34+/m0/s1. The highest BCUT2D eigenvalue weighted by molar-refractivity contribution is 6.02. The van der Waals surface area contributed by atoms with E-state index in [0.717, 1.165) is 44.9 Å². The second-order valence-corrected chi connectivity index (χ2v) is 13.8. The molecule has 0 saturated heterocycles. The van der Waals surface area contributed by atoms with Gasteiger partial charge in [0.05, 0.1) is 30.4 Å². The number of hydrogen-bond acceptors (Lipinski definition) is 8. The van der Waals surface area contributed by atoms with E-state index in [1.54, 1.807) is 60.2 Å². The molecule has 13 nitrogen and oxygen atoms in total. The summed E-state index contributed by atoms with van der Waals surface area (Å²) in [6.07, 6.45) is 7.35. The number of ether oxygens (including phenoxy) is 4. The van der Waals surface area contributed by atoms with Crippen LogP contribution < -0.4 is 30.2 Å². The number of rotatable bonds is 7. The highest BCUT2D eigenvalue weighted by Crippen LogP contribution is 2.34. The zero-order chi connectivity index (χ0) is 35.6. The maximum absolute atomic E-state index is 14.4. The number of amides is 5. The number of carbonyl (C=O) groups is 3. The first-order valence-electron chi connectivity index (χ1n) is 17.9. The monoisotopic (exact) mass is 695 g/mol. The first kappa shape index (κ1) is 37.0. The largest absolute Gasteiger partial charge is 0.490 e. The van der Waals surface area contributed by atoms with Crippen LogP contribution in [0.2, 0.25) is 0 Å². The summed E-state index contributed by atoms with van der Waals surface area (Å²) in [5, 5.41) is 19.1. The molecule has 2 heterocycles. The Kier molecular flexibility index (Phi) is 13.1. The van der Waals surface area contributed by atoms with Crippen molar-refractivity contribution >= 4 is 29.3 Å². The maximum Gasteiger partial charge on any atom is 0.323 e. The fraction of sp³-hybridized carbons (Fsp3) is 0.595. The van der Waals surface area contributed by atoms with E-state index in [2.05, 4.69) is 16.0 Å². The molecular formula is C37H53N5O8. The number of nitrogens with one attached hydrogen (secondary N) is 3. The van der Waals surface area contributed by atoms with E-state index in [1.807, 2.05) is 13.8 Å². The van der Waals surface area contributed by atoms with E-state index < -0.39 is 12.1 Å². The zero-order valence-electron chi connectivity index (χ0n) is 29.7. The van der Waals surface area contributed by atoms with E-state index in [9.17, 15) is 19.5 Å². The number of anilines is 2. The topological polar surface area (TPSA) is 151 Å². The van der Waals surface area contributed by atoms with E-state index in [4.69, 9.17) is 18.9 Å². The van der Waals surface area contributed by atoms with Crippen molar-refractivity contribution in [3.63, 3.8) is 0 Å². The van der Waals surface area contributed by atoms with E-state index in [-0.39, 0.29) is 61.6 Å². The molecule has 1 saturated carbocycles. The molecule has 2 aromatic carbocycles. The number of aliphatic hydroxyl groups excluding tert-OH is 1. The summed E-state index contributed by atoms with van der Waals surface area (Å²) >= 11 is 0. The van der Waals surface area contributed by atoms with Gasteiger partial charge in [-0.3, -0.25) is 4.79 Å². The first-order valence-corrected chi connectivity index (χ1v) is 17.9. The predicted molar refractivity (Wildman–Crippen MR) is 190 cm³/mol. The number of urea groups is 2. The molecule has 1 aliphatic carbocycles. The summed E-state index contributed by atoms with van der Waals surface area (Å²) < 4.78 is 23.5. The number of hydrogen-bond donors (Lipinski definition) is 4. The van der Waals surface area contributed by atoms with E-state index in [1.165, 1.54) is 6.42 Å². The average Bonchev–Trinajstić information content (AvgIpc) is 3.58. The van der Waals surface area contributed by atoms with Gasteiger partial charge in [-0.1, -0.05) is 26.2 Å². The zero-order valence-corrected chi connectivity index (χ0v) is 29.7. The Morgan fingerprint density at radius 1 is 0.940 bits per heavy atom. The van der Waals surface area contributed by atoms with Crippen LogP contribution in [0.1, 0.15) is 82.5 Å². The quantitative estimate of drug-likeness (QED) is 0.283. The van der Waals surface area contributed by atoms with Crippen molar-refractivity contribution < 1.29 is 38.4 Å². The fourth-order valence-corrected chi connectivity index (χ4v) is 6.62. The van der Waals surface area contributed by atoms with Crippen LogP contribution in [0.25, 0.3) is 0 Å². The number of benzene rings is 2. The Morgan fingerprint density at radius 2 is 1.62 bits per heavy atom. The van der Waals surface area contributed by atoms with Crippen molar-refractivity contribution in [1.82, 2.24) is 15.1 Å². The third-order valence-electron chi connectivity index (χ3n) is 9.67. The number of fused-ring (bicyclic) bond motifs is 2. The van der Waals surface area contributed by atoms with E-state index >= 15 is 0 Å². The molecule has 1 fully saturated rings. The molecule has 4 atom stereocenters. The molecule has 0 spiro atoms. The van der Waals surface area contributed by atoms with Crippen molar-refractivity contribution in [2.45, 2.75) is 96.4 Å². The minimum atomic E-state index is -0.526. The van der Waals surface area contributed by atoms with Crippen LogP contribution in [0.3, 0.4) is 0 Å². The van der Waals surface area contributed by atoms with Gasteiger partial charge in [-0.2, -0.15) is 0 Å². The number of likely N-dealkylation sites (N-methyl/N-ethyl adjacent to an activating group) is 1. The molecule has 0 aromatic heterocycles. The van der Waals surface area contributed by atoms with Crippen molar-refractivity contribution in [1.29, 1.82) is 0 Å². The van der Waals surface area contributed by atoms with Gasteiger partial charge in [0.1, 0.15) is 5.75 Å². The lowest BCUT2D eigenvalue weighted by atomic mass is 9.96. The van der Waals surface area contributed by atoms with Gasteiger partial charge in [-0.25, -0.2) is 9.59 Å². The lowest BCUT2D eigenvalue weighted by Gasteiger charge is -2.36. The summed E-state index contributed by atoms with van der Waals surface area (Å²) in [7, 11) is 1.78. The Balaban J connectivity index is 1.34. The lowest BCUT2D eigenvalue weighted by molar-refractivity contribution is -0.0123. The Bertz CT molecular complexity index is 1470. The van der Waals surface area contributed by atoms with Crippen molar-refractivity contribution in [2.75, 3.05) is 50.8 Å². The Morgan fingerprint density at radius 3 is 2.36 bits per heavy atom. The fourth-order valence-electron chi connectivity index (χ4n) is 6.62. The molecule has 5 amide bonds. The summed E-state index contributed by atoms with van der Waals surface area (Å²) in [5.41, 5.74) is 1.18. The second-order valence-electron chi connectivity index (χ2n) is 13.8. The van der Waals surface area contributed by atoms with Crippen LogP contribution in [0.15, 0.2) is 36.4 Å². The van der Waals surface area contributed by atoms with Gasteiger partial charge in [-0.05, 0) is 76.3 Å². The summed E-state index contributed by atoms with van der Waals surface area (Å²) in [6, 6.07) is 9.15. The molecule has 3 aliphatic rings. The average molecular weight is 696 g/mol.